The van der Waals surface area contributed by atoms with Gasteiger partial charge < -0.3 is 15.0 Å². The van der Waals surface area contributed by atoms with Gasteiger partial charge in [-0.3, -0.25) is 4.79 Å². The summed E-state index contributed by atoms with van der Waals surface area (Å²) in [6.45, 7) is -0.383. The third kappa shape index (κ3) is 2.75. The van der Waals surface area contributed by atoms with E-state index >= 15 is 0 Å². The first-order chi connectivity index (χ1) is 9.14. The molecule has 0 radical (unpaired) electrons. The van der Waals surface area contributed by atoms with Gasteiger partial charge in [-0.25, -0.2) is 0 Å². The van der Waals surface area contributed by atoms with Crippen molar-refractivity contribution in [2.24, 2.45) is 0 Å². The minimum absolute atomic E-state index is 0.0961. The van der Waals surface area contributed by atoms with E-state index in [2.05, 4.69) is 4.98 Å². The van der Waals surface area contributed by atoms with Gasteiger partial charge in [-0.15, -0.1) is 0 Å². The molecule has 9 heteroatoms. The third-order valence-corrected chi connectivity index (χ3v) is 4.05. The molecule has 1 amide bonds. The molecular weight excluding hydrogens is 320 g/mol. The highest BCUT2D eigenvalue weighted by Crippen LogP contribution is 2.38. The first kappa shape index (κ1) is 15.5. The zero-order valence-corrected chi connectivity index (χ0v) is 11.6. The molecule has 0 saturated carbocycles. The molecule has 2 rings (SSSR count). The van der Waals surface area contributed by atoms with Crippen LogP contribution in [0.4, 0.5) is 13.2 Å². The highest BCUT2D eigenvalue weighted by atomic mass is 35.5. The number of carbonyl (C=O) groups excluding carboxylic acids is 1. The zero-order valence-electron chi connectivity index (χ0n) is 10.1. The summed E-state index contributed by atoms with van der Waals surface area (Å²) in [5.41, 5.74) is -2.62. The summed E-state index contributed by atoms with van der Waals surface area (Å²) in [6.07, 6.45) is -5.80. The molecule has 0 bridgehead atoms. The highest BCUT2D eigenvalue weighted by Gasteiger charge is 2.54. The molecule has 0 aromatic carbocycles. The Kier molecular flexibility index (Phi) is 3.96. The summed E-state index contributed by atoms with van der Waals surface area (Å²) in [6, 6.07) is 1.32. The Hall–Kier alpha value is -0.920. The SMILES string of the molecule is O=C(c1cc(Cl)c(Cl)[nH]1)N1CCC(O)(C(F)(F)F)CC1. The van der Waals surface area contributed by atoms with Crippen molar-refractivity contribution < 1.29 is 23.1 Å². The first-order valence-electron chi connectivity index (χ1n) is 5.76. The van der Waals surface area contributed by atoms with Crippen molar-refractivity contribution in [1.29, 1.82) is 0 Å². The van der Waals surface area contributed by atoms with Crippen LogP contribution in [0.15, 0.2) is 6.07 Å². The quantitative estimate of drug-likeness (QED) is 0.831. The molecular formula is C11H11Cl2F3N2O2. The maximum absolute atomic E-state index is 12.6. The molecule has 0 atom stereocenters. The number of piperidine rings is 1. The van der Waals surface area contributed by atoms with Gasteiger partial charge in [-0.05, 0) is 6.07 Å². The lowest BCUT2D eigenvalue weighted by molar-refractivity contribution is -0.271. The van der Waals surface area contributed by atoms with E-state index in [0.29, 0.717) is 0 Å². The van der Waals surface area contributed by atoms with Crippen LogP contribution >= 0.6 is 23.2 Å². The van der Waals surface area contributed by atoms with E-state index in [4.69, 9.17) is 23.2 Å². The number of nitrogens with zero attached hydrogens (tertiary/aromatic N) is 1. The molecule has 2 heterocycles. The lowest BCUT2D eigenvalue weighted by Gasteiger charge is -2.38. The lowest BCUT2D eigenvalue weighted by Crippen LogP contribution is -2.54. The largest absolute Gasteiger partial charge is 0.417 e. The average molecular weight is 331 g/mol. The molecule has 112 valence electrons. The van der Waals surface area contributed by atoms with Crippen LogP contribution in [0.1, 0.15) is 23.3 Å². The zero-order chi connectivity index (χ0) is 15.1. The molecule has 1 saturated heterocycles. The van der Waals surface area contributed by atoms with Crippen molar-refractivity contribution in [1.82, 2.24) is 9.88 Å². The van der Waals surface area contributed by atoms with Gasteiger partial charge in [-0.1, -0.05) is 23.2 Å². The Morgan fingerprint density at radius 3 is 2.30 bits per heavy atom. The Labute approximate surface area is 122 Å². The second kappa shape index (κ2) is 5.13. The van der Waals surface area contributed by atoms with Crippen LogP contribution in [0.5, 0.6) is 0 Å². The van der Waals surface area contributed by atoms with Gasteiger partial charge in [-0.2, -0.15) is 13.2 Å². The monoisotopic (exact) mass is 330 g/mol. The number of aromatic nitrogens is 1. The Balaban J connectivity index is 2.06. The van der Waals surface area contributed by atoms with Gasteiger partial charge in [0, 0.05) is 25.9 Å². The van der Waals surface area contributed by atoms with E-state index in [9.17, 15) is 23.1 Å². The lowest BCUT2D eigenvalue weighted by atomic mass is 9.90. The van der Waals surface area contributed by atoms with Gasteiger partial charge in [0.25, 0.3) is 5.91 Å². The fourth-order valence-corrected chi connectivity index (χ4v) is 2.37. The van der Waals surface area contributed by atoms with Gasteiger partial charge in [0.2, 0.25) is 0 Å². The number of H-pyrrole nitrogens is 1. The topological polar surface area (TPSA) is 56.3 Å². The predicted molar refractivity (Wildman–Crippen MR) is 67.0 cm³/mol. The summed E-state index contributed by atoms with van der Waals surface area (Å²) in [5, 5.41) is 9.77. The fraction of sp³-hybridized carbons (Fsp3) is 0.545. The van der Waals surface area contributed by atoms with Crippen molar-refractivity contribution in [2.45, 2.75) is 24.6 Å². The molecule has 1 aliphatic rings. The van der Waals surface area contributed by atoms with Crippen molar-refractivity contribution in [3.05, 3.63) is 21.9 Å². The number of aliphatic hydroxyl groups is 1. The summed E-state index contributed by atoms with van der Waals surface area (Å²) in [7, 11) is 0. The van der Waals surface area contributed by atoms with E-state index in [1.807, 2.05) is 0 Å². The summed E-state index contributed by atoms with van der Waals surface area (Å²) in [4.78, 5) is 15.8. The number of aromatic amines is 1. The van der Waals surface area contributed by atoms with E-state index < -0.39 is 30.5 Å². The summed E-state index contributed by atoms with van der Waals surface area (Å²) < 4.78 is 37.9. The van der Waals surface area contributed by atoms with Gasteiger partial charge in [0.05, 0.1) is 5.02 Å². The third-order valence-electron chi connectivity index (χ3n) is 3.36. The average Bonchev–Trinajstić information content (AvgIpc) is 2.68. The molecule has 1 aromatic heterocycles. The van der Waals surface area contributed by atoms with E-state index in [1.54, 1.807) is 0 Å². The summed E-state index contributed by atoms with van der Waals surface area (Å²) >= 11 is 11.4. The van der Waals surface area contributed by atoms with Crippen LogP contribution < -0.4 is 0 Å². The van der Waals surface area contributed by atoms with Gasteiger partial charge >= 0.3 is 6.18 Å². The second-order valence-corrected chi connectivity index (χ2v) is 5.45. The fourth-order valence-electron chi connectivity index (χ4n) is 2.05. The number of rotatable bonds is 1. The van der Waals surface area contributed by atoms with Crippen molar-refractivity contribution in [2.75, 3.05) is 13.1 Å². The molecule has 20 heavy (non-hydrogen) atoms. The van der Waals surface area contributed by atoms with Crippen molar-refractivity contribution >= 4 is 29.1 Å². The van der Waals surface area contributed by atoms with Crippen LogP contribution in [0.25, 0.3) is 0 Å². The molecule has 0 spiro atoms. The number of alkyl halides is 3. The van der Waals surface area contributed by atoms with Gasteiger partial charge in [0.1, 0.15) is 10.8 Å². The second-order valence-electron chi connectivity index (χ2n) is 4.67. The van der Waals surface area contributed by atoms with Crippen LogP contribution in [-0.2, 0) is 0 Å². The number of hydrogen-bond acceptors (Lipinski definition) is 2. The normalized spacial score (nSPS) is 19.2. The molecule has 1 fully saturated rings. The number of likely N-dealkylation sites (tertiary alicyclic amines) is 1. The molecule has 4 nitrogen and oxygen atoms in total. The molecule has 1 aromatic rings. The minimum Gasteiger partial charge on any atom is -0.380 e. The number of hydrogen-bond donors (Lipinski definition) is 2. The Bertz CT molecular complexity index is 503. The molecule has 1 aliphatic heterocycles. The highest BCUT2D eigenvalue weighted by molar-refractivity contribution is 6.41. The number of halogens is 5. The standard InChI is InChI=1S/C11H11Cl2F3N2O2/c12-6-5-7(17-8(6)13)9(19)18-3-1-10(20,2-4-18)11(14,15)16/h5,17,20H,1-4H2. The van der Waals surface area contributed by atoms with Crippen molar-refractivity contribution in [3.63, 3.8) is 0 Å². The Morgan fingerprint density at radius 2 is 1.90 bits per heavy atom. The Morgan fingerprint density at radius 1 is 1.35 bits per heavy atom. The van der Waals surface area contributed by atoms with Crippen LogP contribution in [0.2, 0.25) is 10.2 Å². The number of nitrogens with one attached hydrogen (secondary N) is 1. The molecule has 2 N–H and O–H groups in total. The summed E-state index contributed by atoms with van der Waals surface area (Å²) in [5.74, 6) is -0.497. The smallest absolute Gasteiger partial charge is 0.380 e. The maximum Gasteiger partial charge on any atom is 0.417 e. The van der Waals surface area contributed by atoms with Crippen LogP contribution in [0, 0.1) is 0 Å². The number of amides is 1. The minimum atomic E-state index is -4.69. The predicted octanol–water partition coefficient (Wildman–Crippen LogP) is 2.85. The first-order valence-corrected chi connectivity index (χ1v) is 6.52. The van der Waals surface area contributed by atoms with Crippen LogP contribution in [0.3, 0.4) is 0 Å². The maximum atomic E-state index is 12.6. The molecule has 0 aliphatic carbocycles. The number of carbonyl (C=O) groups is 1. The molecule has 0 unspecified atom stereocenters. The van der Waals surface area contributed by atoms with Crippen LogP contribution in [-0.4, -0.2) is 45.8 Å². The van der Waals surface area contributed by atoms with E-state index in [0.717, 1.165) is 0 Å². The van der Waals surface area contributed by atoms with Gasteiger partial charge in [0.15, 0.2) is 5.60 Å². The van der Waals surface area contributed by atoms with E-state index in [-0.39, 0.29) is 29.0 Å². The van der Waals surface area contributed by atoms with E-state index in [1.165, 1.54) is 11.0 Å². The van der Waals surface area contributed by atoms with Crippen molar-refractivity contribution in [3.8, 4) is 0 Å².